The molecule has 0 saturated carbocycles. The zero-order valence-electron chi connectivity index (χ0n) is 18.4. The Labute approximate surface area is 202 Å². The monoisotopic (exact) mass is 484 g/mol. The number of aromatic nitrogens is 3. The number of hydrogen-bond acceptors (Lipinski definition) is 7. The summed E-state index contributed by atoms with van der Waals surface area (Å²) in [4.78, 5) is 45.6. The first-order chi connectivity index (χ1) is 17.4. The lowest BCUT2D eigenvalue weighted by Gasteiger charge is -2.26. The third-order valence-corrected chi connectivity index (χ3v) is 6.64. The fourth-order valence-electron chi connectivity index (χ4n) is 5.09. The van der Waals surface area contributed by atoms with E-state index in [1.807, 2.05) is 0 Å². The summed E-state index contributed by atoms with van der Waals surface area (Å²) in [6.07, 6.45) is 1.15. The van der Waals surface area contributed by atoms with E-state index in [0.29, 0.717) is 28.6 Å². The van der Waals surface area contributed by atoms with Gasteiger partial charge in [-0.25, -0.2) is 14.2 Å². The number of likely N-dealkylation sites (tertiary alicyclic amines) is 1. The fraction of sp³-hybridized carbons (Fsp3) is 0.167. The number of nitrogens with zero attached hydrogens (tertiary/aromatic N) is 6. The maximum absolute atomic E-state index is 13.4. The first-order valence-corrected chi connectivity index (χ1v) is 10.9. The standard InChI is InChI=1S/C24H16N6O6/c1-25-21-17-5-3-2-4-16(17)19(11-26-21)29-22(31)20-18-10-14(28(20)23(29)32)12-27(18)24(33)36-15-8-6-13(7-9-15)30(34)35/h2-9,11,14,18,31H,10,12H2/t14?,18-/m1/s1. The zero-order chi connectivity index (χ0) is 25.1. The van der Waals surface area contributed by atoms with Crippen LogP contribution in [-0.2, 0) is 0 Å². The summed E-state index contributed by atoms with van der Waals surface area (Å²) in [5.41, 5.74) is 0.0506. The molecule has 4 aromatic rings. The third kappa shape index (κ3) is 2.96. The molecule has 2 aliphatic heterocycles. The van der Waals surface area contributed by atoms with Gasteiger partial charge in [-0.3, -0.25) is 19.6 Å². The molecule has 4 heterocycles. The van der Waals surface area contributed by atoms with Crippen LogP contribution in [0.5, 0.6) is 11.6 Å². The Balaban J connectivity index is 1.36. The van der Waals surface area contributed by atoms with E-state index in [1.54, 1.807) is 24.3 Å². The number of aromatic hydroxyl groups is 1. The first-order valence-electron chi connectivity index (χ1n) is 10.9. The van der Waals surface area contributed by atoms with Crippen LogP contribution in [0.25, 0.3) is 21.3 Å². The molecule has 12 nitrogen and oxygen atoms in total. The lowest BCUT2D eigenvalue weighted by atomic mass is 10.1. The van der Waals surface area contributed by atoms with E-state index in [-0.39, 0.29) is 35.7 Å². The van der Waals surface area contributed by atoms with Crippen molar-refractivity contribution in [3.8, 4) is 17.3 Å². The van der Waals surface area contributed by atoms with Crippen LogP contribution in [0.15, 0.2) is 59.5 Å². The van der Waals surface area contributed by atoms with E-state index in [0.717, 1.165) is 4.57 Å². The minimum absolute atomic E-state index is 0.128. The minimum atomic E-state index is -0.685. The average molecular weight is 484 g/mol. The van der Waals surface area contributed by atoms with Crippen molar-refractivity contribution < 1.29 is 19.6 Å². The number of imidazole rings is 1. The molecule has 6 rings (SSSR count). The molecule has 2 atom stereocenters. The van der Waals surface area contributed by atoms with Crippen LogP contribution in [0.1, 0.15) is 24.2 Å². The largest absolute Gasteiger partial charge is 0.493 e. The van der Waals surface area contributed by atoms with Crippen molar-refractivity contribution in [1.82, 2.24) is 19.0 Å². The molecule has 2 aromatic heterocycles. The summed E-state index contributed by atoms with van der Waals surface area (Å²) >= 11 is 0. The topological polar surface area (TPSA) is 137 Å². The molecule has 2 aliphatic rings. The summed E-state index contributed by atoms with van der Waals surface area (Å²) in [7, 11) is 0. The summed E-state index contributed by atoms with van der Waals surface area (Å²) in [5, 5.41) is 23.1. The molecule has 0 aliphatic carbocycles. The van der Waals surface area contributed by atoms with Crippen molar-refractivity contribution in [2.45, 2.75) is 18.5 Å². The van der Waals surface area contributed by atoms with Gasteiger partial charge in [0.15, 0.2) is 0 Å². The van der Waals surface area contributed by atoms with Gasteiger partial charge >= 0.3 is 11.8 Å². The van der Waals surface area contributed by atoms with Gasteiger partial charge in [-0.2, -0.15) is 0 Å². The van der Waals surface area contributed by atoms with Gasteiger partial charge in [-0.1, -0.05) is 30.8 Å². The highest BCUT2D eigenvalue weighted by molar-refractivity contribution is 5.97. The Morgan fingerprint density at radius 3 is 2.61 bits per heavy atom. The number of benzene rings is 2. The number of nitro groups is 1. The van der Waals surface area contributed by atoms with Gasteiger partial charge < -0.3 is 14.7 Å². The first kappa shape index (κ1) is 21.4. The molecule has 1 N–H and O–H groups in total. The van der Waals surface area contributed by atoms with Crippen LogP contribution in [0.4, 0.5) is 16.3 Å². The van der Waals surface area contributed by atoms with Gasteiger partial charge in [0.1, 0.15) is 23.3 Å². The molecule has 0 spiro atoms. The number of hydrogen-bond donors (Lipinski definition) is 1. The summed E-state index contributed by atoms with van der Waals surface area (Å²) in [6, 6.07) is 11.2. The van der Waals surface area contributed by atoms with Crippen LogP contribution >= 0.6 is 0 Å². The number of carbonyl (C=O) groups is 1. The number of non-ortho nitro benzene ring substituents is 1. The Hall–Kier alpha value is -5.18. The molecule has 1 saturated heterocycles. The Morgan fingerprint density at radius 2 is 1.92 bits per heavy atom. The Morgan fingerprint density at radius 1 is 1.19 bits per heavy atom. The molecule has 1 amide bonds. The normalized spacial score (nSPS) is 17.7. The SMILES string of the molecule is [C-]#[N+]c1ncc(-n2c(O)c3n(c2=O)C2C[C@H]3N(C(=O)Oc3ccc([N+](=O)[O-])cc3)C2)c2ccccc12. The maximum atomic E-state index is 13.4. The Kier molecular flexibility index (Phi) is 4.55. The predicted octanol–water partition coefficient (Wildman–Crippen LogP) is 3.85. The van der Waals surface area contributed by atoms with Crippen molar-refractivity contribution >= 4 is 28.4 Å². The average Bonchev–Trinajstić information content (AvgIpc) is 3.55. The van der Waals surface area contributed by atoms with Crippen molar-refractivity contribution in [1.29, 1.82) is 0 Å². The Bertz CT molecular complexity index is 1680. The quantitative estimate of drug-likeness (QED) is 0.265. The van der Waals surface area contributed by atoms with Crippen LogP contribution in [0, 0.1) is 16.7 Å². The highest BCUT2D eigenvalue weighted by Crippen LogP contribution is 2.49. The number of ether oxygens (including phenoxy) is 1. The third-order valence-electron chi connectivity index (χ3n) is 6.64. The summed E-state index contributed by atoms with van der Waals surface area (Å²) in [5.74, 6) is 0.0294. The van der Waals surface area contributed by atoms with E-state index in [2.05, 4.69) is 9.83 Å². The molecule has 12 heteroatoms. The minimum Gasteiger partial charge on any atom is -0.493 e. The molecule has 1 fully saturated rings. The maximum Gasteiger partial charge on any atom is 0.415 e. The molecule has 1 unspecified atom stereocenters. The molecule has 178 valence electrons. The second kappa shape index (κ2) is 7.67. The van der Waals surface area contributed by atoms with Crippen molar-refractivity contribution in [2.75, 3.05) is 6.54 Å². The van der Waals surface area contributed by atoms with E-state index in [4.69, 9.17) is 11.3 Å². The number of nitro benzene ring substituents is 1. The highest BCUT2D eigenvalue weighted by atomic mass is 16.6. The summed E-state index contributed by atoms with van der Waals surface area (Å²) in [6.45, 7) is 7.57. The molecule has 0 radical (unpaired) electrons. The van der Waals surface area contributed by atoms with Crippen molar-refractivity contribution in [2.24, 2.45) is 0 Å². The molecular weight excluding hydrogens is 468 g/mol. The van der Waals surface area contributed by atoms with Gasteiger partial charge in [0.05, 0.1) is 17.0 Å². The number of carbonyl (C=O) groups excluding carboxylic acids is 1. The number of fused-ring (bicyclic) bond motifs is 6. The van der Waals surface area contributed by atoms with Gasteiger partial charge in [-0.05, 0) is 18.6 Å². The number of pyridine rings is 1. The van der Waals surface area contributed by atoms with Crippen LogP contribution < -0.4 is 10.4 Å². The predicted molar refractivity (Wildman–Crippen MR) is 125 cm³/mol. The summed E-state index contributed by atoms with van der Waals surface area (Å²) < 4.78 is 8.04. The van der Waals surface area contributed by atoms with Crippen LogP contribution in [-0.4, -0.2) is 41.7 Å². The van der Waals surface area contributed by atoms with Crippen molar-refractivity contribution in [3.05, 3.63) is 92.4 Å². The number of rotatable bonds is 3. The van der Waals surface area contributed by atoms with Gasteiger partial charge in [0, 0.05) is 29.4 Å². The van der Waals surface area contributed by atoms with E-state index in [9.17, 15) is 24.8 Å². The second-order valence-corrected chi connectivity index (χ2v) is 8.50. The van der Waals surface area contributed by atoms with E-state index < -0.39 is 22.7 Å². The smallest absolute Gasteiger partial charge is 0.415 e. The van der Waals surface area contributed by atoms with Gasteiger partial charge in [0.25, 0.3) is 11.5 Å². The van der Waals surface area contributed by atoms with E-state index >= 15 is 0 Å². The van der Waals surface area contributed by atoms with Gasteiger partial charge in [0.2, 0.25) is 5.88 Å². The number of amides is 1. The van der Waals surface area contributed by atoms with Crippen molar-refractivity contribution in [3.63, 3.8) is 0 Å². The fourth-order valence-corrected chi connectivity index (χ4v) is 5.09. The lowest BCUT2D eigenvalue weighted by molar-refractivity contribution is -0.384. The molecular formula is C24H16N6O6. The highest BCUT2D eigenvalue weighted by Gasteiger charge is 2.50. The molecule has 36 heavy (non-hydrogen) atoms. The lowest BCUT2D eigenvalue weighted by Crippen LogP contribution is -2.39. The van der Waals surface area contributed by atoms with Crippen LogP contribution in [0.2, 0.25) is 0 Å². The van der Waals surface area contributed by atoms with E-state index in [1.165, 1.54) is 39.9 Å². The zero-order valence-corrected chi connectivity index (χ0v) is 18.4. The van der Waals surface area contributed by atoms with Crippen LogP contribution in [0.3, 0.4) is 0 Å². The molecule has 2 aromatic carbocycles. The molecule has 2 bridgehead atoms. The second-order valence-electron chi connectivity index (χ2n) is 8.50. The van der Waals surface area contributed by atoms with Gasteiger partial charge in [-0.15, -0.1) is 4.98 Å².